The topological polar surface area (TPSA) is 34.2 Å². The Morgan fingerprint density at radius 3 is 2.67 bits per heavy atom. The van der Waals surface area contributed by atoms with Gasteiger partial charge < -0.3 is 10.1 Å². The van der Waals surface area contributed by atoms with Crippen LogP contribution in [0.15, 0.2) is 18.5 Å². The molecule has 2 unspecified atom stereocenters. The predicted molar refractivity (Wildman–Crippen MR) is 70.9 cm³/mol. The first kappa shape index (κ1) is 15.1. The Labute approximate surface area is 109 Å². The fourth-order valence-corrected chi connectivity index (χ4v) is 2.13. The van der Waals surface area contributed by atoms with Crippen molar-refractivity contribution in [2.45, 2.75) is 39.3 Å². The van der Waals surface area contributed by atoms with Crippen molar-refractivity contribution in [2.24, 2.45) is 5.92 Å². The van der Waals surface area contributed by atoms with Gasteiger partial charge in [0.15, 0.2) is 0 Å². The van der Waals surface area contributed by atoms with Crippen LogP contribution in [0.2, 0.25) is 0 Å². The van der Waals surface area contributed by atoms with Crippen LogP contribution in [0, 0.1) is 11.7 Å². The zero-order valence-corrected chi connectivity index (χ0v) is 11.6. The third kappa shape index (κ3) is 3.75. The summed E-state index contributed by atoms with van der Waals surface area (Å²) in [6.45, 7) is 7.07. The van der Waals surface area contributed by atoms with Crippen molar-refractivity contribution in [3.8, 4) is 0 Å². The number of methoxy groups -OCH3 is 1. The first-order valence-electron chi connectivity index (χ1n) is 6.47. The second-order valence-corrected chi connectivity index (χ2v) is 4.77. The van der Waals surface area contributed by atoms with Gasteiger partial charge in [-0.2, -0.15) is 0 Å². The molecule has 0 saturated heterocycles. The van der Waals surface area contributed by atoms with E-state index >= 15 is 0 Å². The van der Waals surface area contributed by atoms with Crippen molar-refractivity contribution in [1.29, 1.82) is 0 Å². The summed E-state index contributed by atoms with van der Waals surface area (Å²) < 4.78 is 19.4. The van der Waals surface area contributed by atoms with E-state index < -0.39 is 0 Å². The fourth-order valence-electron chi connectivity index (χ4n) is 2.13. The number of ether oxygens (including phenoxy) is 1. The molecule has 1 aromatic heterocycles. The van der Waals surface area contributed by atoms with E-state index in [-0.39, 0.29) is 18.0 Å². The molecule has 18 heavy (non-hydrogen) atoms. The fraction of sp³-hybridized carbons (Fsp3) is 0.643. The Balaban J connectivity index is 3.00. The van der Waals surface area contributed by atoms with Gasteiger partial charge in [0, 0.05) is 18.9 Å². The van der Waals surface area contributed by atoms with E-state index in [0.717, 1.165) is 13.0 Å². The maximum atomic E-state index is 13.9. The van der Waals surface area contributed by atoms with Crippen LogP contribution in [0.5, 0.6) is 0 Å². The normalized spacial score (nSPS) is 14.8. The van der Waals surface area contributed by atoms with E-state index in [4.69, 9.17) is 4.74 Å². The molecule has 1 heterocycles. The highest BCUT2D eigenvalue weighted by Gasteiger charge is 2.27. The Morgan fingerprint density at radius 1 is 1.44 bits per heavy atom. The molecule has 0 radical (unpaired) electrons. The maximum absolute atomic E-state index is 13.9. The highest BCUT2D eigenvalue weighted by atomic mass is 19.1. The highest BCUT2D eigenvalue weighted by molar-refractivity contribution is 5.19. The largest absolute Gasteiger partial charge is 0.379 e. The van der Waals surface area contributed by atoms with E-state index in [1.54, 1.807) is 19.4 Å². The molecule has 3 nitrogen and oxygen atoms in total. The number of hydrogen-bond donors (Lipinski definition) is 1. The van der Waals surface area contributed by atoms with Gasteiger partial charge in [-0.3, -0.25) is 4.98 Å². The van der Waals surface area contributed by atoms with Crippen LogP contribution >= 0.6 is 0 Å². The van der Waals surface area contributed by atoms with Gasteiger partial charge in [0.1, 0.15) is 5.82 Å². The van der Waals surface area contributed by atoms with Crippen molar-refractivity contribution >= 4 is 0 Å². The minimum atomic E-state index is -0.284. The van der Waals surface area contributed by atoms with Crippen molar-refractivity contribution in [1.82, 2.24) is 10.3 Å². The summed E-state index contributed by atoms with van der Waals surface area (Å²) in [6, 6.07) is 1.58. The Morgan fingerprint density at radius 2 is 2.17 bits per heavy atom. The van der Waals surface area contributed by atoms with Crippen LogP contribution in [-0.4, -0.2) is 24.7 Å². The molecule has 0 aliphatic heterocycles. The maximum Gasteiger partial charge on any atom is 0.146 e. The van der Waals surface area contributed by atoms with Crippen LogP contribution in [0.4, 0.5) is 4.39 Å². The van der Waals surface area contributed by atoms with Crippen molar-refractivity contribution in [3.63, 3.8) is 0 Å². The predicted octanol–water partition coefficient (Wildman–Crippen LogP) is 2.93. The van der Waals surface area contributed by atoms with Crippen LogP contribution < -0.4 is 5.32 Å². The number of halogens is 1. The molecular formula is C14H23FN2O. The molecule has 0 saturated carbocycles. The van der Waals surface area contributed by atoms with Crippen molar-refractivity contribution in [3.05, 3.63) is 29.8 Å². The number of rotatable bonds is 7. The monoisotopic (exact) mass is 254 g/mol. The Kier molecular flexibility index (Phi) is 6.22. The van der Waals surface area contributed by atoms with E-state index in [2.05, 4.69) is 31.1 Å². The number of nitrogens with one attached hydrogen (secondary N) is 1. The lowest BCUT2D eigenvalue weighted by atomic mass is 9.93. The Bertz CT molecular complexity index is 357. The molecular weight excluding hydrogens is 231 g/mol. The molecule has 1 rings (SSSR count). The summed E-state index contributed by atoms with van der Waals surface area (Å²) in [7, 11) is 1.67. The number of nitrogens with zero attached hydrogens (tertiary/aromatic N) is 1. The number of pyridine rings is 1. The van der Waals surface area contributed by atoms with E-state index in [0.29, 0.717) is 11.5 Å². The molecule has 1 aromatic rings. The smallest absolute Gasteiger partial charge is 0.146 e. The average Bonchev–Trinajstić information content (AvgIpc) is 2.35. The van der Waals surface area contributed by atoms with Crippen LogP contribution in [0.25, 0.3) is 0 Å². The number of hydrogen-bond acceptors (Lipinski definition) is 3. The third-order valence-corrected chi connectivity index (χ3v) is 3.01. The molecule has 0 aromatic carbocycles. The quantitative estimate of drug-likeness (QED) is 0.812. The molecule has 0 fully saturated rings. The summed E-state index contributed by atoms with van der Waals surface area (Å²) in [4.78, 5) is 3.79. The van der Waals surface area contributed by atoms with Crippen LogP contribution in [-0.2, 0) is 4.74 Å². The van der Waals surface area contributed by atoms with Crippen molar-refractivity contribution < 1.29 is 9.13 Å². The van der Waals surface area contributed by atoms with Gasteiger partial charge >= 0.3 is 0 Å². The first-order valence-corrected chi connectivity index (χ1v) is 6.47. The second kappa shape index (κ2) is 7.44. The van der Waals surface area contributed by atoms with Crippen LogP contribution in [0.3, 0.4) is 0 Å². The van der Waals surface area contributed by atoms with Crippen molar-refractivity contribution in [2.75, 3.05) is 13.7 Å². The van der Waals surface area contributed by atoms with E-state index in [1.165, 1.54) is 6.20 Å². The van der Waals surface area contributed by atoms with Crippen LogP contribution in [0.1, 0.15) is 38.8 Å². The minimum Gasteiger partial charge on any atom is -0.379 e. The summed E-state index contributed by atoms with van der Waals surface area (Å²) >= 11 is 0. The highest BCUT2D eigenvalue weighted by Crippen LogP contribution is 2.25. The lowest BCUT2D eigenvalue weighted by molar-refractivity contribution is 0.0316. The molecule has 4 heteroatoms. The molecule has 2 atom stereocenters. The molecule has 0 spiro atoms. The van der Waals surface area contributed by atoms with E-state index in [1.807, 2.05) is 0 Å². The zero-order chi connectivity index (χ0) is 13.5. The Hall–Kier alpha value is -1.00. The second-order valence-electron chi connectivity index (χ2n) is 4.77. The van der Waals surface area contributed by atoms with Gasteiger partial charge in [0.05, 0.1) is 18.3 Å². The zero-order valence-electron chi connectivity index (χ0n) is 11.6. The number of aromatic nitrogens is 1. The van der Waals surface area contributed by atoms with Gasteiger partial charge in [-0.05, 0) is 24.9 Å². The molecule has 102 valence electrons. The molecule has 0 aliphatic carbocycles. The van der Waals surface area contributed by atoms with Gasteiger partial charge in [-0.25, -0.2) is 4.39 Å². The third-order valence-electron chi connectivity index (χ3n) is 3.01. The summed E-state index contributed by atoms with van der Waals surface area (Å²) in [6.07, 6.45) is 3.81. The van der Waals surface area contributed by atoms with E-state index in [9.17, 15) is 4.39 Å². The van der Waals surface area contributed by atoms with Gasteiger partial charge in [-0.1, -0.05) is 20.8 Å². The average molecular weight is 254 g/mol. The van der Waals surface area contributed by atoms with Gasteiger partial charge in [0.25, 0.3) is 0 Å². The molecule has 1 N–H and O–H groups in total. The summed E-state index contributed by atoms with van der Waals surface area (Å²) in [5.74, 6) is 0.0192. The molecule has 0 aliphatic rings. The van der Waals surface area contributed by atoms with Gasteiger partial charge in [-0.15, -0.1) is 0 Å². The minimum absolute atomic E-state index is 0.0616. The van der Waals surface area contributed by atoms with Gasteiger partial charge in [0.2, 0.25) is 0 Å². The SMILES string of the molecule is CCCNC(c1ccncc1F)C(OC)C(C)C. The molecule has 0 amide bonds. The molecule has 0 bridgehead atoms. The lowest BCUT2D eigenvalue weighted by Gasteiger charge is -2.30. The summed E-state index contributed by atoms with van der Waals surface area (Å²) in [5, 5.41) is 3.37. The first-order chi connectivity index (χ1) is 8.61. The lowest BCUT2D eigenvalue weighted by Crippen LogP contribution is -2.37. The summed E-state index contributed by atoms with van der Waals surface area (Å²) in [5.41, 5.74) is 0.624. The standard InChI is InChI=1S/C14H23FN2O/c1-5-7-17-13(14(18-4)10(2)3)11-6-8-16-9-12(11)15/h6,8-10,13-14,17H,5,7H2,1-4H3.